The predicted octanol–water partition coefficient (Wildman–Crippen LogP) is 3.69. The van der Waals surface area contributed by atoms with E-state index in [9.17, 15) is 13.6 Å². The summed E-state index contributed by atoms with van der Waals surface area (Å²) in [5, 5.41) is 0. The number of ether oxygens (including phenoxy) is 2. The topological polar surface area (TPSA) is 77.2 Å². The number of hydrogen-bond acceptors (Lipinski definition) is 5. The third-order valence-electron chi connectivity index (χ3n) is 6.74. The van der Waals surface area contributed by atoms with Gasteiger partial charge in [0.15, 0.2) is 11.5 Å². The number of rotatable bonds is 8. The summed E-state index contributed by atoms with van der Waals surface area (Å²) in [6, 6.07) is 7.96. The lowest BCUT2D eigenvalue weighted by atomic mass is 9.69. The van der Waals surface area contributed by atoms with Crippen LogP contribution in [0.4, 0.5) is 8.78 Å². The van der Waals surface area contributed by atoms with Crippen molar-refractivity contribution in [2.24, 2.45) is 16.6 Å². The number of carbonyl (C=O) groups is 1. The van der Waals surface area contributed by atoms with Crippen LogP contribution in [-0.4, -0.2) is 50.2 Å². The molecule has 2 atom stereocenters. The molecule has 1 amide bonds. The fourth-order valence-corrected chi connectivity index (χ4v) is 4.83. The monoisotopic (exact) mass is 445 g/mol. The van der Waals surface area contributed by atoms with Gasteiger partial charge in [0.05, 0.1) is 6.10 Å². The molecule has 1 saturated carbocycles. The molecule has 8 heteroatoms. The lowest BCUT2D eigenvalue weighted by Crippen LogP contribution is -2.41. The second-order valence-corrected chi connectivity index (χ2v) is 8.68. The highest BCUT2D eigenvalue weighted by molar-refractivity contribution is 6.09. The van der Waals surface area contributed by atoms with E-state index in [4.69, 9.17) is 10.5 Å². The smallest absolute Gasteiger partial charge is 0.345 e. The minimum atomic E-state index is -2.85. The average molecular weight is 446 g/mol. The normalized spacial score (nSPS) is 29.8. The van der Waals surface area contributed by atoms with E-state index < -0.39 is 18.3 Å². The van der Waals surface area contributed by atoms with Crippen LogP contribution in [0.2, 0.25) is 0 Å². The number of likely N-dealkylation sites (N-methyl/N-ethyl adjacent to an activating group) is 1. The Morgan fingerprint density at radius 3 is 2.72 bits per heavy atom. The van der Waals surface area contributed by atoms with Gasteiger partial charge in [-0.25, -0.2) is 4.99 Å². The predicted molar refractivity (Wildman–Crippen MR) is 117 cm³/mol. The first-order valence-electron chi connectivity index (χ1n) is 10.9. The van der Waals surface area contributed by atoms with Gasteiger partial charge in [-0.1, -0.05) is 42.5 Å². The molecular formula is C24H29F2N3O3. The fraction of sp³-hybridized carbons (Fsp3) is 0.500. The number of halogens is 2. The Kier molecular flexibility index (Phi) is 6.44. The van der Waals surface area contributed by atoms with Gasteiger partial charge in [0.25, 0.3) is 5.91 Å². The van der Waals surface area contributed by atoms with E-state index in [0.717, 1.165) is 31.4 Å². The fourth-order valence-electron chi connectivity index (χ4n) is 4.83. The van der Waals surface area contributed by atoms with Gasteiger partial charge in [-0.2, -0.15) is 8.78 Å². The molecule has 2 aliphatic carbocycles. The molecule has 3 aliphatic rings. The van der Waals surface area contributed by atoms with E-state index in [-0.39, 0.29) is 18.3 Å². The average Bonchev–Trinajstić information content (AvgIpc) is 2.98. The Hall–Kier alpha value is -2.58. The minimum Gasteiger partial charge on any atom is -0.385 e. The first-order chi connectivity index (χ1) is 15.3. The van der Waals surface area contributed by atoms with Crippen LogP contribution >= 0.6 is 0 Å². The molecule has 1 heterocycles. The number of carbonyl (C=O) groups excluding carboxylic acids is 1. The molecule has 1 fully saturated rings. The van der Waals surface area contributed by atoms with E-state index >= 15 is 0 Å². The van der Waals surface area contributed by atoms with E-state index in [1.807, 2.05) is 18.2 Å². The Morgan fingerprint density at radius 2 is 2.12 bits per heavy atom. The zero-order valence-corrected chi connectivity index (χ0v) is 18.3. The number of nitrogens with zero attached hydrogens (tertiary/aromatic N) is 2. The summed E-state index contributed by atoms with van der Waals surface area (Å²) < 4.78 is 35.0. The van der Waals surface area contributed by atoms with E-state index in [2.05, 4.69) is 15.8 Å². The molecule has 172 valence electrons. The quantitative estimate of drug-likeness (QED) is 0.662. The maximum atomic E-state index is 13.4. The van der Waals surface area contributed by atoms with Crippen molar-refractivity contribution in [3.05, 3.63) is 59.2 Å². The van der Waals surface area contributed by atoms with Crippen molar-refractivity contribution in [3.63, 3.8) is 0 Å². The minimum absolute atomic E-state index is 0.129. The highest BCUT2D eigenvalue weighted by Crippen LogP contribution is 2.46. The van der Waals surface area contributed by atoms with Crippen LogP contribution < -0.4 is 5.73 Å². The van der Waals surface area contributed by atoms with E-state index in [1.54, 1.807) is 32.4 Å². The zero-order chi connectivity index (χ0) is 22.9. The Balaban J connectivity index is 1.63. The van der Waals surface area contributed by atoms with Gasteiger partial charge >= 0.3 is 6.61 Å². The first-order valence-corrected chi connectivity index (χ1v) is 10.9. The number of aliphatic imine (C=N–C) groups is 1. The SMILES string of the molecule is COCCC1CC(c2cccc(C3(C4=CCC(OC(F)F)C=C4)N=C(N)N(C)C3=O)c2)C1. The van der Waals surface area contributed by atoms with Crippen molar-refractivity contribution in [1.29, 1.82) is 0 Å². The molecule has 2 N–H and O–H groups in total. The summed E-state index contributed by atoms with van der Waals surface area (Å²) in [5.41, 5.74) is 7.25. The first kappa shape index (κ1) is 22.6. The molecule has 4 rings (SSSR count). The molecule has 0 bridgehead atoms. The molecule has 6 nitrogen and oxygen atoms in total. The van der Waals surface area contributed by atoms with Crippen LogP contribution in [0.1, 0.15) is 42.7 Å². The highest BCUT2D eigenvalue weighted by atomic mass is 19.3. The highest BCUT2D eigenvalue weighted by Gasteiger charge is 2.50. The Morgan fingerprint density at radius 1 is 1.34 bits per heavy atom. The third-order valence-corrected chi connectivity index (χ3v) is 6.74. The van der Waals surface area contributed by atoms with Crippen molar-refractivity contribution in [2.75, 3.05) is 20.8 Å². The van der Waals surface area contributed by atoms with Crippen molar-refractivity contribution in [1.82, 2.24) is 4.90 Å². The summed E-state index contributed by atoms with van der Waals surface area (Å²) in [5.74, 6) is 0.956. The van der Waals surface area contributed by atoms with Crippen LogP contribution in [0.5, 0.6) is 0 Å². The number of nitrogens with two attached hydrogens (primary N) is 1. The van der Waals surface area contributed by atoms with Crippen molar-refractivity contribution in [3.8, 4) is 0 Å². The Labute approximate surface area is 186 Å². The van der Waals surface area contributed by atoms with Crippen LogP contribution in [-0.2, 0) is 19.8 Å². The zero-order valence-electron chi connectivity index (χ0n) is 18.3. The second-order valence-electron chi connectivity index (χ2n) is 8.68. The number of benzene rings is 1. The van der Waals surface area contributed by atoms with Crippen LogP contribution in [0.3, 0.4) is 0 Å². The standard InChI is InChI=1S/C24H29F2N3O3/c1-29-21(30)24(28-23(29)27,18-6-8-20(9-7-18)32-22(25)26)19-5-3-4-16(14-19)17-12-15(13-17)10-11-31-2/h3-8,14-15,17,20,22H,9-13H2,1-2H3,(H2,27,28). The summed E-state index contributed by atoms with van der Waals surface area (Å²) in [7, 11) is 3.31. The molecule has 32 heavy (non-hydrogen) atoms. The molecular weight excluding hydrogens is 416 g/mol. The van der Waals surface area contributed by atoms with Crippen molar-refractivity contribution >= 4 is 11.9 Å². The Bertz CT molecular complexity index is 956. The van der Waals surface area contributed by atoms with Gasteiger partial charge in [-0.05, 0) is 54.2 Å². The molecule has 1 aromatic carbocycles. The van der Waals surface area contributed by atoms with Gasteiger partial charge < -0.3 is 15.2 Å². The molecule has 0 radical (unpaired) electrons. The second kappa shape index (κ2) is 9.11. The van der Waals surface area contributed by atoms with Gasteiger partial charge in [0.2, 0.25) is 0 Å². The molecule has 1 aliphatic heterocycles. The maximum Gasteiger partial charge on any atom is 0.345 e. The molecule has 0 spiro atoms. The van der Waals surface area contributed by atoms with Crippen LogP contribution in [0.15, 0.2) is 53.1 Å². The van der Waals surface area contributed by atoms with Gasteiger partial charge in [0, 0.05) is 20.8 Å². The number of alkyl halides is 2. The summed E-state index contributed by atoms with van der Waals surface area (Å²) in [4.78, 5) is 19.4. The van der Waals surface area contributed by atoms with Crippen LogP contribution in [0, 0.1) is 5.92 Å². The van der Waals surface area contributed by atoms with Gasteiger partial charge in [-0.3, -0.25) is 9.69 Å². The molecule has 0 saturated heterocycles. The number of guanidine groups is 1. The summed E-state index contributed by atoms with van der Waals surface area (Å²) in [6.45, 7) is -2.08. The summed E-state index contributed by atoms with van der Waals surface area (Å²) >= 11 is 0. The number of hydrogen-bond donors (Lipinski definition) is 1. The van der Waals surface area contributed by atoms with Gasteiger partial charge in [-0.15, -0.1) is 0 Å². The lowest BCUT2D eigenvalue weighted by Gasteiger charge is -2.36. The lowest BCUT2D eigenvalue weighted by molar-refractivity contribution is -0.149. The molecule has 1 aromatic rings. The molecule has 2 unspecified atom stereocenters. The van der Waals surface area contributed by atoms with E-state index in [0.29, 0.717) is 17.4 Å². The van der Waals surface area contributed by atoms with E-state index in [1.165, 1.54) is 10.5 Å². The number of amides is 1. The van der Waals surface area contributed by atoms with Crippen molar-refractivity contribution < 1.29 is 23.0 Å². The maximum absolute atomic E-state index is 13.4. The van der Waals surface area contributed by atoms with Gasteiger partial charge in [0.1, 0.15) is 0 Å². The van der Waals surface area contributed by atoms with Crippen LogP contribution in [0.25, 0.3) is 0 Å². The summed E-state index contributed by atoms with van der Waals surface area (Å²) in [6.07, 6.45) is 7.68. The van der Waals surface area contributed by atoms with Crippen molar-refractivity contribution in [2.45, 2.75) is 49.9 Å². The number of methoxy groups -OCH3 is 1. The third kappa shape index (κ3) is 4.09. The molecule has 0 aromatic heterocycles. The largest absolute Gasteiger partial charge is 0.385 e.